The van der Waals surface area contributed by atoms with E-state index in [0.717, 1.165) is 28.2 Å². The lowest BCUT2D eigenvalue weighted by molar-refractivity contribution is -0.132. The van der Waals surface area contributed by atoms with Crippen LogP contribution < -0.4 is 5.32 Å². The number of nitrogens with zero attached hydrogens (tertiary/aromatic N) is 3. The van der Waals surface area contributed by atoms with E-state index in [-0.39, 0.29) is 11.2 Å². The van der Waals surface area contributed by atoms with E-state index < -0.39 is 0 Å². The van der Waals surface area contributed by atoms with Crippen LogP contribution in [0.1, 0.15) is 32.8 Å². The molecule has 1 saturated heterocycles. The van der Waals surface area contributed by atoms with Crippen molar-refractivity contribution in [1.29, 1.82) is 0 Å². The van der Waals surface area contributed by atoms with Crippen LogP contribution in [0.2, 0.25) is 0 Å². The van der Waals surface area contributed by atoms with Crippen molar-refractivity contribution in [2.24, 2.45) is 11.8 Å². The van der Waals surface area contributed by atoms with E-state index in [9.17, 15) is 4.79 Å². The third-order valence-electron chi connectivity index (χ3n) is 4.48. The van der Waals surface area contributed by atoms with Crippen LogP contribution in [0.3, 0.4) is 0 Å². The van der Waals surface area contributed by atoms with Crippen molar-refractivity contribution in [2.45, 2.75) is 43.7 Å². The van der Waals surface area contributed by atoms with Crippen LogP contribution in [-0.4, -0.2) is 39.3 Å². The number of hydrogen-bond acceptors (Lipinski definition) is 6. The Morgan fingerprint density at radius 2 is 2.04 bits per heavy atom. The van der Waals surface area contributed by atoms with Gasteiger partial charge in [-0.15, -0.1) is 10.2 Å². The summed E-state index contributed by atoms with van der Waals surface area (Å²) in [6, 6.07) is 8.14. The lowest BCUT2D eigenvalue weighted by Gasteiger charge is -2.36. The van der Waals surface area contributed by atoms with E-state index in [1.54, 1.807) is 0 Å². The molecular formula is C19H26N4OS2. The second kappa shape index (κ2) is 8.39. The van der Waals surface area contributed by atoms with E-state index in [1.165, 1.54) is 35.1 Å². The number of rotatable bonds is 5. The number of carbonyl (C=O) groups is 1. The average molecular weight is 391 g/mol. The van der Waals surface area contributed by atoms with Crippen LogP contribution in [0.4, 0.5) is 10.8 Å². The quantitative estimate of drug-likeness (QED) is 0.758. The van der Waals surface area contributed by atoms with Crippen molar-refractivity contribution in [1.82, 2.24) is 15.1 Å². The van der Waals surface area contributed by atoms with Crippen LogP contribution in [0, 0.1) is 18.8 Å². The third-order valence-corrected chi connectivity index (χ3v) is 6.49. The number of anilines is 2. The number of likely N-dealkylation sites (tertiary alicyclic amines) is 1. The second-order valence-corrected chi connectivity index (χ2v) is 9.88. The Morgan fingerprint density at radius 1 is 1.31 bits per heavy atom. The molecule has 7 heteroatoms. The summed E-state index contributed by atoms with van der Waals surface area (Å²) < 4.78 is 0.819. The molecule has 0 saturated carbocycles. The fourth-order valence-electron chi connectivity index (χ4n) is 3.46. The van der Waals surface area contributed by atoms with E-state index in [0.29, 0.717) is 11.8 Å². The standard InChI is InChI=1S/C19H26N4OS2/c1-12-6-5-7-16(9-12)20-18-21-22-19(26-18)25-15(4)17(24)23-10-13(2)8-14(3)11-23/h5-7,9,13-15H,8,10-11H2,1-4H3,(H,20,21). The van der Waals surface area contributed by atoms with Gasteiger partial charge in [0.25, 0.3) is 0 Å². The fourth-order valence-corrected chi connectivity index (χ4v) is 5.46. The largest absolute Gasteiger partial charge is 0.341 e. The van der Waals surface area contributed by atoms with Crippen molar-refractivity contribution in [2.75, 3.05) is 18.4 Å². The van der Waals surface area contributed by atoms with Crippen molar-refractivity contribution in [3.63, 3.8) is 0 Å². The minimum absolute atomic E-state index is 0.146. The van der Waals surface area contributed by atoms with Crippen molar-refractivity contribution >= 4 is 39.8 Å². The van der Waals surface area contributed by atoms with Crippen LogP contribution in [-0.2, 0) is 4.79 Å². The number of amides is 1. The maximum atomic E-state index is 12.8. The molecule has 3 rings (SSSR count). The summed E-state index contributed by atoms with van der Waals surface area (Å²) >= 11 is 2.98. The molecule has 0 radical (unpaired) electrons. The molecule has 0 aliphatic carbocycles. The van der Waals surface area contributed by atoms with Gasteiger partial charge in [-0.25, -0.2) is 0 Å². The van der Waals surface area contributed by atoms with Crippen LogP contribution in [0.5, 0.6) is 0 Å². The van der Waals surface area contributed by atoms with Gasteiger partial charge in [-0.1, -0.05) is 49.1 Å². The van der Waals surface area contributed by atoms with Gasteiger partial charge in [0.05, 0.1) is 5.25 Å². The molecule has 140 valence electrons. The molecule has 1 amide bonds. The summed E-state index contributed by atoms with van der Waals surface area (Å²) in [5.74, 6) is 1.36. The lowest BCUT2D eigenvalue weighted by atomic mass is 9.92. The average Bonchev–Trinajstić information content (AvgIpc) is 3.00. The van der Waals surface area contributed by atoms with Crippen molar-refractivity contribution in [3.05, 3.63) is 29.8 Å². The number of benzene rings is 1. The molecule has 1 fully saturated rings. The highest BCUT2D eigenvalue weighted by molar-refractivity contribution is 8.02. The maximum Gasteiger partial charge on any atom is 0.235 e. The molecule has 2 aromatic rings. The van der Waals surface area contributed by atoms with Crippen LogP contribution >= 0.6 is 23.1 Å². The van der Waals surface area contributed by atoms with Crippen molar-refractivity contribution in [3.8, 4) is 0 Å². The van der Waals surface area contributed by atoms with Crippen LogP contribution in [0.15, 0.2) is 28.6 Å². The Balaban J connectivity index is 1.58. The summed E-state index contributed by atoms with van der Waals surface area (Å²) in [7, 11) is 0. The second-order valence-electron chi connectivity index (χ2n) is 7.32. The first-order valence-electron chi connectivity index (χ1n) is 9.03. The molecule has 1 aromatic heterocycles. The molecule has 1 N–H and O–H groups in total. The highest BCUT2D eigenvalue weighted by Crippen LogP contribution is 2.32. The fraction of sp³-hybridized carbons (Fsp3) is 0.526. The molecule has 0 bridgehead atoms. The van der Waals surface area contributed by atoms with Crippen molar-refractivity contribution < 1.29 is 4.79 Å². The molecule has 1 aliphatic heterocycles. The zero-order chi connectivity index (χ0) is 18.7. The molecule has 0 spiro atoms. The molecule has 5 nitrogen and oxygen atoms in total. The SMILES string of the molecule is Cc1cccc(Nc2nnc(SC(C)C(=O)N3CC(C)CC(C)C3)s2)c1. The number of thioether (sulfide) groups is 1. The number of carbonyl (C=O) groups excluding carboxylic acids is 1. The van der Waals surface area contributed by atoms with Gasteiger partial charge >= 0.3 is 0 Å². The van der Waals surface area contributed by atoms with E-state index in [2.05, 4.69) is 48.4 Å². The predicted octanol–water partition coefficient (Wildman–Crippen LogP) is 4.58. The van der Waals surface area contributed by atoms with Gasteiger partial charge in [-0.2, -0.15) is 0 Å². The molecule has 1 aromatic carbocycles. The minimum Gasteiger partial charge on any atom is -0.341 e. The highest BCUT2D eigenvalue weighted by atomic mass is 32.2. The first-order valence-corrected chi connectivity index (χ1v) is 10.7. The van der Waals surface area contributed by atoms with Gasteiger partial charge in [0.15, 0.2) is 4.34 Å². The zero-order valence-electron chi connectivity index (χ0n) is 15.7. The smallest absolute Gasteiger partial charge is 0.235 e. The number of aryl methyl sites for hydroxylation is 1. The van der Waals surface area contributed by atoms with E-state index in [4.69, 9.17) is 0 Å². The lowest BCUT2D eigenvalue weighted by Crippen LogP contribution is -2.45. The van der Waals surface area contributed by atoms with Gasteiger partial charge < -0.3 is 10.2 Å². The minimum atomic E-state index is -0.146. The summed E-state index contributed by atoms with van der Waals surface area (Å²) in [6.45, 7) is 10.2. The molecule has 26 heavy (non-hydrogen) atoms. The third kappa shape index (κ3) is 4.98. The predicted molar refractivity (Wildman–Crippen MR) is 109 cm³/mol. The zero-order valence-corrected chi connectivity index (χ0v) is 17.4. The first-order chi connectivity index (χ1) is 12.4. The molecule has 3 atom stereocenters. The van der Waals surface area contributed by atoms with Gasteiger partial charge in [0.2, 0.25) is 11.0 Å². The molecule has 1 aliphatic rings. The summed E-state index contributed by atoms with van der Waals surface area (Å²) in [4.78, 5) is 14.8. The van der Waals surface area contributed by atoms with Crippen LogP contribution in [0.25, 0.3) is 0 Å². The van der Waals surface area contributed by atoms with E-state index >= 15 is 0 Å². The summed E-state index contributed by atoms with van der Waals surface area (Å²) in [6.07, 6.45) is 1.20. The van der Waals surface area contributed by atoms with Gasteiger partial charge in [0, 0.05) is 18.8 Å². The molecule has 3 unspecified atom stereocenters. The number of nitrogens with one attached hydrogen (secondary N) is 1. The topological polar surface area (TPSA) is 58.1 Å². The normalized spacial score (nSPS) is 21.5. The highest BCUT2D eigenvalue weighted by Gasteiger charge is 2.29. The Kier molecular flexibility index (Phi) is 6.19. The number of aromatic nitrogens is 2. The molecule has 2 heterocycles. The Morgan fingerprint density at radius 3 is 2.73 bits per heavy atom. The number of hydrogen-bond donors (Lipinski definition) is 1. The maximum absolute atomic E-state index is 12.8. The van der Waals surface area contributed by atoms with Gasteiger partial charge in [-0.05, 0) is 49.8 Å². The Bertz CT molecular complexity index is 754. The Labute approximate surface area is 163 Å². The first kappa shape index (κ1) is 19.2. The van der Waals surface area contributed by atoms with E-state index in [1.807, 2.05) is 24.0 Å². The summed E-state index contributed by atoms with van der Waals surface area (Å²) in [5, 5.41) is 12.3. The molecular weight excluding hydrogens is 364 g/mol. The monoisotopic (exact) mass is 390 g/mol. The van der Waals surface area contributed by atoms with Gasteiger partial charge in [0.1, 0.15) is 0 Å². The summed E-state index contributed by atoms with van der Waals surface area (Å²) in [5.41, 5.74) is 2.19. The van der Waals surface area contributed by atoms with Gasteiger partial charge in [-0.3, -0.25) is 4.79 Å². The Hall–Kier alpha value is -1.60. The number of piperidine rings is 1.